The van der Waals surface area contributed by atoms with Gasteiger partial charge in [0.25, 0.3) is 0 Å². The highest BCUT2D eigenvalue weighted by molar-refractivity contribution is 5.81. The Morgan fingerprint density at radius 3 is 1.25 bits per heavy atom. The van der Waals surface area contributed by atoms with Crippen molar-refractivity contribution in [1.29, 1.82) is 0 Å². The largest absolute Gasteiger partial charge is 0.492 e. The third-order valence-electron chi connectivity index (χ3n) is 3.66. The zero-order chi connectivity index (χ0) is 14.7. The van der Waals surface area contributed by atoms with Crippen LogP contribution < -0.4 is 18.9 Å². The Balaban J connectivity index is 2.73. The Hall–Kier alpha value is -1.91. The summed E-state index contributed by atoms with van der Waals surface area (Å²) in [7, 11) is 6.32. The summed E-state index contributed by atoms with van der Waals surface area (Å²) in [6.45, 7) is 0. The summed E-state index contributed by atoms with van der Waals surface area (Å²) in [4.78, 5) is 11.7. The first-order chi connectivity index (χ1) is 9.67. The summed E-state index contributed by atoms with van der Waals surface area (Å²) in [5.74, 6) is 2.55. The van der Waals surface area contributed by atoms with Gasteiger partial charge in [0.2, 0.25) is 11.5 Å². The highest BCUT2D eigenvalue weighted by Crippen LogP contribution is 2.50. The van der Waals surface area contributed by atoms with E-state index in [-0.39, 0.29) is 5.78 Å². The van der Waals surface area contributed by atoms with E-state index in [4.69, 9.17) is 18.9 Å². The molecule has 0 fully saturated rings. The molecule has 1 aromatic rings. The van der Waals surface area contributed by atoms with Gasteiger partial charge in [0.05, 0.1) is 28.4 Å². The van der Waals surface area contributed by atoms with Crippen LogP contribution in [-0.2, 0) is 17.6 Å². The molecule has 110 valence electrons. The van der Waals surface area contributed by atoms with E-state index in [1.165, 1.54) is 0 Å². The lowest BCUT2D eigenvalue weighted by Gasteiger charge is -2.21. The predicted octanol–water partition coefficient (Wildman–Crippen LogP) is 2.17. The molecule has 0 N–H and O–H groups in total. The number of hydrogen-bond acceptors (Lipinski definition) is 5. The number of carbonyl (C=O) groups excluding carboxylic acids is 1. The fourth-order valence-corrected chi connectivity index (χ4v) is 2.74. The average molecular weight is 280 g/mol. The minimum Gasteiger partial charge on any atom is -0.492 e. The lowest BCUT2D eigenvalue weighted by atomic mass is 9.99. The van der Waals surface area contributed by atoms with E-state index in [1.807, 2.05) is 0 Å². The smallest absolute Gasteiger partial charge is 0.207 e. The molecule has 1 aromatic carbocycles. The first kappa shape index (κ1) is 14.5. The minimum absolute atomic E-state index is 0.253. The quantitative estimate of drug-likeness (QED) is 0.791. The second kappa shape index (κ2) is 6.03. The number of fused-ring (bicyclic) bond motifs is 1. The molecule has 0 unspecified atom stereocenters. The van der Waals surface area contributed by atoms with Crippen molar-refractivity contribution < 1.29 is 23.7 Å². The van der Waals surface area contributed by atoms with Crippen LogP contribution in [0, 0.1) is 0 Å². The highest BCUT2D eigenvalue weighted by atomic mass is 16.5. The van der Waals surface area contributed by atoms with Crippen LogP contribution >= 0.6 is 0 Å². The molecule has 0 aliphatic heterocycles. The molecule has 0 heterocycles. The van der Waals surface area contributed by atoms with Gasteiger partial charge in [-0.1, -0.05) is 0 Å². The second-order valence-electron chi connectivity index (χ2n) is 4.63. The molecule has 5 nitrogen and oxygen atoms in total. The Bertz CT molecular complexity index is 477. The van der Waals surface area contributed by atoms with Gasteiger partial charge in [-0.2, -0.15) is 0 Å². The summed E-state index contributed by atoms with van der Waals surface area (Å²) in [5.41, 5.74) is 1.96. The van der Waals surface area contributed by atoms with Crippen LogP contribution in [0.4, 0.5) is 0 Å². The lowest BCUT2D eigenvalue weighted by molar-refractivity contribution is -0.118. The molecule has 0 aromatic heterocycles. The molecule has 0 spiro atoms. The van der Waals surface area contributed by atoms with Crippen LogP contribution in [0.5, 0.6) is 23.0 Å². The molecule has 0 radical (unpaired) electrons. The number of methoxy groups -OCH3 is 4. The zero-order valence-electron chi connectivity index (χ0n) is 12.4. The first-order valence-electron chi connectivity index (χ1n) is 6.57. The summed E-state index contributed by atoms with van der Waals surface area (Å²) >= 11 is 0. The van der Waals surface area contributed by atoms with Crippen molar-refractivity contribution in [2.75, 3.05) is 28.4 Å². The Labute approximate surface area is 118 Å². The predicted molar refractivity (Wildman–Crippen MR) is 74.3 cm³/mol. The maximum absolute atomic E-state index is 11.7. The van der Waals surface area contributed by atoms with Gasteiger partial charge in [-0.3, -0.25) is 4.79 Å². The van der Waals surface area contributed by atoms with Crippen molar-refractivity contribution in [3.05, 3.63) is 11.1 Å². The van der Waals surface area contributed by atoms with Gasteiger partial charge in [-0.05, 0) is 12.8 Å². The van der Waals surface area contributed by atoms with Crippen molar-refractivity contribution in [3.63, 3.8) is 0 Å². The number of carbonyl (C=O) groups is 1. The van der Waals surface area contributed by atoms with E-state index >= 15 is 0 Å². The number of rotatable bonds is 4. The van der Waals surface area contributed by atoms with E-state index < -0.39 is 0 Å². The van der Waals surface area contributed by atoms with Crippen LogP contribution in [-0.4, -0.2) is 34.2 Å². The molecule has 5 heteroatoms. The minimum atomic E-state index is 0.253. The lowest BCUT2D eigenvalue weighted by Crippen LogP contribution is -2.05. The zero-order valence-corrected chi connectivity index (χ0v) is 12.4. The third-order valence-corrected chi connectivity index (χ3v) is 3.66. The highest BCUT2D eigenvalue weighted by Gasteiger charge is 2.29. The maximum atomic E-state index is 11.7. The van der Waals surface area contributed by atoms with Gasteiger partial charge in [-0.25, -0.2) is 0 Å². The number of benzene rings is 1. The normalized spacial score (nSPS) is 14.3. The van der Waals surface area contributed by atoms with Crippen LogP contribution in [0.1, 0.15) is 24.0 Å². The van der Waals surface area contributed by atoms with Gasteiger partial charge >= 0.3 is 0 Å². The summed E-state index contributed by atoms with van der Waals surface area (Å²) < 4.78 is 21.8. The topological polar surface area (TPSA) is 54.0 Å². The van der Waals surface area contributed by atoms with Gasteiger partial charge in [0.15, 0.2) is 11.5 Å². The van der Waals surface area contributed by atoms with Crippen LogP contribution in [0.25, 0.3) is 0 Å². The fourth-order valence-electron chi connectivity index (χ4n) is 2.74. The number of hydrogen-bond donors (Lipinski definition) is 0. The van der Waals surface area contributed by atoms with Crippen molar-refractivity contribution >= 4 is 5.78 Å². The summed E-state index contributed by atoms with van der Waals surface area (Å²) in [6, 6.07) is 0. The van der Waals surface area contributed by atoms with E-state index in [0.29, 0.717) is 48.7 Å². The molecule has 0 amide bonds. The molecule has 1 aliphatic carbocycles. The number of ether oxygens (including phenoxy) is 4. The second-order valence-corrected chi connectivity index (χ2v) is 4.63. The molecule has 0 bridgehead atoms. The van der Waals surface area contributed by atoms with E-state index in [1.54, 1.807) is 28.4 Å². The molecule has 1 aliphatic rings. The summed E-state index contributed by atoms with van der Waals surface area (Å²) in [5, 5.41) is 0. The van der Waals surface area contributed by atoms with Gasteiger partial charge in [-0.15, -0.1) is 0 Å². The molecule has 20 heavy (non-hydrogen) atoms. The summed E-state index contributed by atoms with van der Waals surface area (Å²) in [6.07, 6.45) is 2.30. The van der Waals surface area contributed by atoms with Crippen molar-refractivity contribution in [2.24, 2.45) is 0 Å². The molecular weight excluding hydrogens is 260 g/mol. The van der Waals surface area contributed by atoms with E-state index in [2.05, 4.69) is 0 Å². The monoisotopic (exact) mass is 280 g/mol. The van der Waals surface area contributed by atoms with E-state index in [9.17, 15) is 4.79 Å². The average Bonchev–Trinajstić information content (AvgIpc) is 2.66. The van der Waals surface area contributed by atoms with Crippen LogP contribution in [0.15, 0.2) is 0 Å². The Morgan fingerprint density at radius 2 is 0.950 bits per heavy atom. The standard InChI is InChI=1S/C15H20O5/c1-17-12-10-7-5-9(16)6-8-11(10)13(18-2)15(20-4)14(12)19-3/h5-8H2,1-4H3. The molecule has 0 saturated heterocycles. The molecule has 2 rings (SSSR count). The third kappa shape index (κ3) is 2.28. The molecule has 0 atom stereocenters. The van der Waals surface area contributed by atoms with Crippen LogP contribution in [0.3, 0.4) is 0 Å². The molecule has 0 saturated carbocycles. The number of Topliss-reactive ketones (excluding diaryl/α,β-unsaturated/α-hetero) is 1. The van der Waals surface area contributed by atoms with Crippen molar-refractivity contribution in [1.82, 2.24) is 0 Å². The van der Waals surface area contributed by atoms with Gasteiger partial charge < -0.3 is 18.9 Å². The van der Waals surface area contributed by atoms with E-state index in [0.717, 1.165) is 11.1 Å². The van der Waals surface area contributed by atoms with Gasteiger partial charge in [0.1, 0.15) is 5.78 Å². The Morgan fingerprint density at radius 1 is 0.600 bits per heavy atom. The fraction of sp³-hybridized carbons (Fsp3) is 0.533. The molecular formula is C15H20O5. The van der Waals surface area contributed by atoms with Crippen LogP contribution in [0.2, 0.25) is 0 Å². The SMILES string of the molecule is COc1c2c(c(OC)c(OC)c1OC)CCC(=O)CC2. The number of ketones is 1. The Kier molecular flexibility index (Phi) is 4.37. The van der Waals surface area contributed by atoms with Gasteiger partial charge in [0, 0.05) is 24.0 Å². The first-order valence-corrected chi connectivity index (χ1v) is 6.57. The maximum Gasteiger partial charge on any atom is 0.207 e. The van der Waals surface area contributed by atoms with Crippen molar-refractivity contribution in [3.8, 4) is 23.0 Å². The van der Waals surface area contributed by atoms with Crippen molar-refractivity contribution in [2.45, 2.75) is 25.7 Å².